The third-order valence-electron chi connectivity index (χ3n) is 5.46. The van der Waals surface area contributed by atoms with Crippen LogP contribution in [0.15, 0.2) is 59.2 Å². The molecule has 0 unspecified atom stereocenters. The Hall–Kier alpha value is -3.59. The van der Waals surface area contributed by atoms with Crippen molar-refractivity contribution in [3.8, 4) is 23.0 Å². The maximum atomic E-state index is 12.6. The number of aryl methyl sites for hydroxylation is 1. The molecule has 1 aliphatic rings. The molecule has 1 atom stereocenters. The van der Waals surface area contributed by atoms with E-state index < -0.39 is 0 Å². The molecular weight excluding hydrogens is 472 g/mol. The van der Waals surface area contributed by atoms with Crippen molar-refractivity contribution in [1.29, 1.82) is 0 Å². The number of methoxy groups -OCH3 is 1. The smallest absolute Gasteiger partial charge is 0.272 e. The summed E-state index contributed by atoms with van der Waals surface area (Å²) in [6.07, 6.45) is 1.93. The third kappa shape index (κ3) is 3.64. The van der Waals surface area contributed by atoms with Crippen LogP contribution in [0, 0.1) is 6.92 Å². The number of halogens is 1. The number of benzene rings is 2. The molecule has 0 bridgehead atoms. The number of carbonyl (C=O) groups excluding carboxylic acids is 1. The van der Waals surface area contributed by atoms with Crippen LogP contribution in [0.5, 0.6) is 5.75 Å². The van der Waals surface area contributed by atoms with Crippen molar-refractivity contribution in [2.24, 2.45) is 0 Å². The molecule has 0 aliphatic carbocycles. The second kappa shape index (κ2) is 8.16. The normalized spacial score (nSPS) is 15.2. The molecule has 2 aromatic heterocycles. The zero-order valence-corrected chi connectivity index (χ0v) is 19.0. The summed E-state index contributed by atoms with van der Waals surface area (Å²) >= 11 is 3.53. The second-order valence-corrected chi connectivity index (χ2v) is 8.41. The van der Waals surface area contributed by atoms with E-state index in [-0.39, 0.29) is 17.8 Å². The minimum atomic E-state index is -0.112. The Morgan fingerprint density at radius 1 is 1.19 bits per heavy atom. The number of nitrogens with zero attached hydrogens (tertiary/aromatic N) is 5. The summed E-state index contributed by atoms with van der Waals surface area (Å²) in [6.45, 7) is 1.93. The first-order valence-corrected chi connectivity index (χ1v) is 10.8. The zero-order chi connectivity index (χ0) is 22.2. The summed E-state index contributed by atoms with van der Waals surface area (Å²) in [4.78, 5) is 17.3. The highest BCUT2D eigenvalue weighted by Gasteiger charge is 2.33. The van der Waals surface area contributed by atoms with Gasteiger partial charge in [-0.15, -0.1) is 5.10 Å². The molecule has 8 nitrogen and oxygen atoms in total. The fourth-order valence-corrected chi connectivity index (χ4v) is 4.42. The average molecular weight is 491 g/mol. The van der Waals surface area contributed by atoms with Crippen molar-refractivity contribution in [1.82, 2.24) is 25.0 Å². The van der Waals surface area contributed by atoms with Crippen molar-refractivity contribution in [2.75, 3.05) is 12.4 Å². The van der Waals surface area contributed by atoms with Gasteiger partial charge in [0, 0.05) is 27.9 Å². The highest BCUT2D eigenvalue weighted by molar-refractivity contribution is 9.10. The first kappa shape index (κ1) is 20.3. The highest BCUT2D eigenvalue weighted by Crippen LogP contribution is 2.40. The number of aromatic nitrogens is 5. The lowest BCUT2D eigenvalue weighted by Gasteiger charge is -2.24. The molecule has 0 radical (unpaired) electrons. The summed E-state index contributed by atoms with van der Waals surface area (Å²) in [5, 5.41) is 15.9. The van der Waals surface area contributed by atoms with Crippen molar-refractivity contribution in [2.45, 2.75) is 19.3 Å². The summed E-state index contributed by atoms with van der Waals surface area (Å²) in [5.74, 6) is 1.39. The van der Waals surface area contributed by atoms with Crippen LogP contribution in [-0.4, -0.2) is 38.0 Å². The molecule has 0 fully saturated rings. The number of amides is 1. The third-order valence-corrected chi connectivity index (χ3v) is 5.95. The maximum Gasteiger partial charge on any atom is 0.272 e. The lowest BCUT2D eigenvalue weighted by atomic mass is 9.86. The first-order valence-electron chi connectivity index (χ1n) is 10.0. The molecule has 32 heavy (non-hydrogen) atoms. The van der Waals surface area contributed by atoms with E-state index in [0.717, 1.165) is 32.6 Å². The maximum absolute atomic E-state index is 12.6. The lowest BCUT2D eigenvalue weighted by Crippen LogP contribution is -2.25. The topological polar surface area (TPSA) is 94.8 Å². The number of ether oxygens (including phenoxy) is 1. The van der Waals surface area contributed by atoms with Crippen LogP contribution < -0.4 is 10.1 Å². The molecule has 160 valence electrons. The van der Waals surface area contributed by atoms with Crippen molar-refractivity contribution < 1.29 is 9.53 Å². The summed E-state index contributed by atoms with van der Waals surface area (Å²) in [7, 11) is 1.62. The van der Waals surface area contributed by atoms with Gasteiger partial charge in [0.1, 0.15) is 11.6 Å². The van der Waals surface area contributed by atoms with Gasteiger partial charge in [0.05, 0.1) is 24.7 Å². The fourth-order valence-electron chi connectivity index (χ4n) is 4.01. The number of hydrogen-bond acceptors (Lipinski definition) is 6. The number of rotatable bonds is 4. The second-order valence-electron chi connectivity index (χ2n) is 7.49. The number of carbonyl (C=O) groups is 1. The van der Waals surface area contributed by atoms with E-state index in [1.807, 2.05) is 55.5 Å². The number of anilines is 1. The molecular formula is C23H19BrN6O2. The van der Waals surface area contributed by atoms with Gasteiger partial charge in [-0.3, -0.25) is 4.79 Å². The predicted molar refractivity (Wildman–Crippen MR) is 123 cm³/mol. The summed E-state index contributed by atoms with van der Waals surface area (Å²) in [5.41, 5.74) is 4.27. The van der Waals surface area contributed by atoms with Gasteiger partial charge >= 0.3 is 0 Å². The summed E-state index contributed by atoms with van der Waals surface area (Å²) < 4.78 is 7.83. The van der Waals surface area contributed by atoms with Crippen molar-refractivity contribution >= 4 is 27.7 Å². The van der Waals surface area contributed by atoms with Gasteiger partial charge < -0.3 is 10.1 Å². The van der Waals surface area contributed by atoms with Gasteiger partial charge in [0.25, 0.3) is 5.95 Å². The van der Waals surface area contributed by atoms with Gasteiger partial charge in [-0.05, 0) is 36.8 Å². The van der Waals surface area contributed by atoms with Crippen molar-refractivity contribution in [3.05, 3.63) is 76.0 Å². The Morgan fingerprint density at radius 3 is 2.84 bits per heavy atom. The van der Waals surface area contributed by atoms with Crippen LogP contribution in [0.4, 0.5) is 5.82 Å². The van der Waals surface area contributed by atoms with E-state index in [1.54, 1.807) is 18.0 Å². The molecule has 1 N–H and O–H groups in total. The van der Waals surface area contributed by atoms with Gasteiger partial charge in [-0.2, -0.15) is 14.9 Å². The van der Waals surface area contributed by atoms with Crippen molar-refractivity contribution in [3.63, 3.8) is 0 Å². The Labute approximate surface area is 192 Å². The van der Waals surface area contributed by atoms with Gasteiger partial charge in [-0.1, -0.05) is 40.2 Å². The molecule has 3 heterocycles. The Bertz CT molecular complexity index is 1340. The molecule has 1 amide bonds. The van der Waals surface area contributed by atoms with Crippen LogP contribution in [0.25, 0.3) is 17.2 Å². The number of fused-ring (bicyclic) bond motifs is 1. The van der Waals surface area contributed by atoms with Crippen LogP contribution in [-0.2, 0) is 4.79 Å². The number of hydrogen-bond donors (Lipinski definition) is 1. The molecule has 5 rings (SSSR count). The minimum absolute atomic E-state index is 0.0828. The van der Waals surface area contributed by atoms with E-state index >= 15 is 0 Å². The monoisotopic (exact) mass is 490 g/mol. The molecule has 9 heteroatoms. The Kier molecular flexibility index (Phi) is 5.18. The van der Waals surface area contributed by atoms with E-state index in [0.29, 0.717) is 17.9 Å². The molecule has 4 aromatic rings. The molecule has 0 saturated heterocycles. The fraction of sp³-hybridized carbons (Fsp3) is 0.174. The standard InChI is InChI=1S/C23H19BrN6O2/c1-13-21-18(14-5-3-7-16(24)9-14)11-20(31)27-22(21)30(29-13)23-26-19(12-25-28-23)15-6-4-8-17(10-15)32-2/h3-10,12,18H,11H2,1-2H3,(H,27,31)/t18-/m1/s1. The van der Waals surface area contributed by atoms with Crippen LogP contribution in [0.1, 0.15) is 29.2 Å². The molecule has 2 aromatic carbocycles. The van der Waals surface area contributed by atoms with Crippen LogP contribution >= 0.6 is 15.9 Å². The predicted octanol–water partition coefficient (Wildman–Crippen LogP) is 4.28. The Balaban J connectivity index is 1.61. The van der Waals surface area contributed by atoms with E-state index in [2.05, 4.69) is 41.5 Å². The van der Waals surface area contributed by atoms with E-state index in [1.165, 1.54) is 0 Å². The average Bonchev–Trinajstić information content (AvgIpc) is 3.14. The van der Waals surface area contributed by atoms with Gasteiger partial charge in [0.15, 0.2) is 0 Å². The molecule has 0 spiro atoms. The lowest BCUT2D eigenvalue weighted by molar-refractivity contribution is -0.116. The van der Waals surface area contributed by atoms with Crippen LogP contribution in [0.3, 0.4) is 0 Å². The zero-order valence-electron chi connectivity index (χ0n) is 17.4. The minimum Gasteiger partial charge on any atom is -0.497 e. The highest BCUT2D eigenvalue weighted by atomic mass is 79.9. The SMILES string of the molecule is COc1cccc(-c2cnnc(-n3nc(C)c4c3NC(=O)C[C@@H]4c3cccc(Br)c3)n2)c1. The molecule has 0 saturated carbocycles. The van der Waals surface area contributed by atoms with E-state index in [9.17, 15) is 4.79 Å². The largest absolute Gasteiger partial charge is 0.497 e. The van der Waals surface area contributed by atoms with Crippen LogP contribution in [0.2, 0.25) is 0 Å². The van der Waals surface area contributed by atoms with Gasteiger partial charge in [-0.25, -0.2) is 4.98 Å². The first-order chi connectivity index (χ1) is 15.5. The quantitative estimate of drug-likeness (QED) is 0.458. The Morgan fingerprint density at radius 2 is 2.03 bits per heavy atom. The van der Waals surface area contributed by atoms with E-state index in [4.69, 9.17) is 4.74 Å². The number of nitrogens with one attached hydrogen (secondary N) is 1. The molecule has 1 aliphatic heterocycles. The summed E-state index contributed by atoms with van der Waals surface area (Å²) in [6, 6.07) is 15.5. The van der Waals surface area contributed by atoms with Gasteiger partial charge in [0.2, 0.25) is 5.91 Å².